The maximum atomic E-state index is 11.6. The van der Waals surface area contributed by atoms with Crippen molar-refractivity contribution in [2.75, 3.05) is 0 Å². The molecule has 0 bridgehead atoms. The molecule has 0 radical (unpaired) electrons. The van der Waals surface area contributed by atoms with Gasteiger partial charge in [0.1, 0.15) is 5.60 Å². The first-order chi connectivity index (χ1) is 7.52. The lowest BCUT2D eigenvalue weighted by Gasteiger charge is -2.32. The van der Waals surface area contributed by atoms with E-state index in [9.17, 15) is 9.90 Å². The lowest BCUT2D eigenvalue weighted by atomic mass is 9.92. The summed E-state index contributed by atoms with van der Waals surface area (Å²) in [5, 5.41) is 9.99. The highest BCUT2D eigenvalue weighted by molar-refractivity contribution is 5.87. The third-order valence-corrected chi connectivity index (χ3v) is 3.28. The van der Waals surface area contributed by atoms with E-state index >= 15 is 0 Å². The molecule has 3 nitrogen and oxygen atoms in total. The molecule has 2 unspecified atom stereocenters. The molecule has 0 spiro atoms. The molecule has 3 heteroatoms. The lowest BCUT2D eigenvalue weighted by Crippen LogP contribution is -2.42. The fourth-order valence-corrected chi connectivity index (χ4v) is 2.23. The van der Waals surface area contributed by atoms with Crippen molar-refractivity contribution in [3.8, 4) is 0 Å². The smallest absolute Gasteiger partial charge is 0.333 e. The SMILES string of the molecule is C=C(C)C(=O)OC1(CCCC)CCCC1O. The van der Waals surface area contributed by atoms with E-state index in [1.807, 2.05) is 0 Å². The maximum Gasteiger partial charge on any atom is 0.333 e. The molecule has 1 aliphatic carbocycles. The summed E-state index contributed by atoms with van der Waals surface area (Å²) in [5.41, 5.74) is -0.249. The van der Waals surface area contributed by atoms with Crippen LogP contribution in [0.3, 0.4) is 0 Å². The van der Waals surface area contributed by atoms with Gasteiger partial charge in [-0.05, 0) is 39.0 Å². The van der Waals surface area contributed by atoms with Crippen molar-refractivity contribution in [2.24, 2.45) is 0 Å². The zero-order valence-electron chi connectivity index (χ0n) is 10.3. The van der Waals surface area contributed by atoms with Crippen molar-refractivity contribution < 1.29 is 14.6 Å². The second kappa shape index (κ2) is 5.48. The Labute approximate surface area is 97.5 Å². The molecule has 1 rings (SSSR count). The largest absolute Gasteiger partial charge is 0.453 e. The number of esters is 1. The number of aliphatic hydroxyl groups excluding tert-OH is 1. The molecule has 92 valence electrons. The molecule has 16 heavy (non-hydrogen) atoms. The van der Waals surface area contributed by atoms with E-state index in [4.69, 9.17) is 4.74 Å². The van der Waals surface area contributed by atoms with Crippen LogP contribution in [0.1, 0.15) is 52.4 Å². The lowest BCUT2D eigenvalue weighted by molar-refractivity contribution is -0.166. The number of unbranched alkanes of at least 4 members (excludes halogenated alkanes) is 1. The van der Waals surface area contributed by atoms with E-state index in [0.717, 1.165) is 38.5 Å². The maximum absolute atomic E-state index is 11.6. The third kappa shape index (κ3) is 2.85. The van der Waals surface area contributed by atoms with Crippen LogP contribution in [0.2, 0.25) is 0 Å². The summed E-state index contributed by atoms with van der Waals surface area (Å²) in [7, 11) is 0. The Hall–Kier alpha value is -0.830. The Kier molecular flexibility index (Phi) is 4.54. The molecule has 0 aromatic rings. The van der Waals surface area contributed by atoms with Gasteiger partial charge >= 0.3 is 5.97 Å². The monoisotopic (exact) mass is 226 g/mol. The van der Waals surface area contributed by atoms with Crippen LogP contribution in [-0.4, -0.2) is 22.8 Å². The molecule has 1 N–H and O–H groups in total. The summed E-state index contributed by atoms with van der Waals surface area (Å²) < 4.78 is 5.49. The first-order valence-electron chi connectivity index (χ1n) is 6.09. The molecule has 0 heterocycles. The molecular formula is C13H22O3. The van der Waals surface area contributed by atoms with Gasteiger partial charge in [0.05, 0.1) is 6.10 Å². The normalized spacial score (nSPS) is 29.1. The average Bonchev–Trinajstić information content (AvgIpc) is 2.58. The Morgan fingerprint density at radius 1 is 1.62 bits per heavy atom. The number of hydrogen-bond acceptors (Lipinski definition) is 3. The van der Waals surface area contributed by atoms with E-state index in [-0.39, 0.29) is 5.97 Å². The predicted octanol–water partition coefficient (Wildman–Crippen LogP) is 2.58. The Morgan fingerprint density at radius 2 is 2.31 bits per heavy atom. The summed E-state index contributed by atoms with van der Waals surface area (Å²) >= 11 is 0. The van der Waals surface area contributed by atoms with Crippen LogP contribution >= 0.6 is 0 Å². The molecule has 0 amide bonds. The molecule has 2 atom stereocenters. The van der Waals surface area contributed by atoms with Crippen molar-refractivity contribution >= 4 is 5.97 Å². The van der Waals surface area contributed by atoms with E-state index < -0.39 is 11.7 Å². The summed E-state index contributed by atoms with van der Waals surface area (Å²) in [4.78, 5) is 11.6. The summed E-state index contributed by atoms with van der Waals surface area (Å²) in [6, 6.07) is 0. The van der Waals surface area contributed by atoms with Crippen molar-refractivity contribution in [3.63, 3.8) is 0 Å². The number of carbonyl (C=O) groups excluding carboxylic acids is 1. The van der Waals surface area contributed by atoms with Gasteiger partial charge < -0.3 is 9.84 Å². The molecule has 0 aliphatic heterocycles. The molecular weight excluding hydrogens is 204 g/mol. The second-order valence-electron chi connectivity index (χ2n) is 4.75. The van der Waals surface area contributed by atoms with Gasteiger partial charge in [-0.2, -0.15) is 0 Å². The molecule has 1 saturated carbocycles. The van der Waals surface area contributed by atoms with Crippen LogP contribution in [-0.2, 0) is 9.53 Å². The van der Waals surface area contributed by atoms with Crippen LogP contribution < -0.4 is 0 Å². The molecule has 0 aromatic carbocycles. The van der Waals surface area contributed by atoms with Gasteiger partial charge in [0, 0.05) is 5.57 Å². The van der Waals surface area contributed by atoms with Gasteiger partial charge in [0.2, 0.25) is 0 Å². The number of rotatable bonds is 5. The minimum Gasteiger partial charge on any atom is -0.453 e. The zero-order chi connectivity index (χ0) is 12.2. The van der Waals surface area contributed by atoms with Gasteiger partial charge in [-0.1, -0.05) is 19.9 Å². The molecule has 0 saturated heterocycles. The Balaban J connectivity index is 2.71. The Bertz CT molecular complexity index is 272. The van der Waals surface area contributed by atoms with Crippen LogP contribution in [0.4, 0.5) is 0 Å². The van der Waals surface area contributed by atoms with Crippen LogP contribution in [0, 0.1) is 0 Å². The van der Waals surface area contributed by atoms with Crippen LogP contribution in [0.15, 0.2) is 12.2 Å². The number of hydrogen-bond donors (Lipinski definition) is 1. The van der Waals surface area contributed by atoms with Crippen molar-refractivity contribution in [3.05, 3.63) is 12.2 Å². The van der Waals surface area contributed by atoms with E-state index in [0.29, 0.717) is 5.57 Å². The van der Waals surface area contributed by atoms with Gasteiger partial charge in [0.25, 0.3) is 0 Å². The first kappa shape index (κ1) is 13.2. The van der Waals surface area contributed by atoms with Gasteiger partial charge in [-0.15, -0.1) is 0 Å². The van der Waals surface area contributed by atoms with E-state index in [1.54, 1.807) is 6.92 Å². The third-order valence-electron chi connectivity index (χ3n) is 3.28. The van der Waals surface area contributed by atoms with Gasteiger partial charge in [-0.3, -0.25) is 0 Å². The van der Waals surface area contributed by atoms with Gasteiger partial charge in [-0.25, -0.2) is 4.79 Å². The number of aliphatic hydroxyl groups is 1. The number of ether oxygens (including phenoxy) is 1. The average molecular weight is 226 g/mol. The van der Waals surface area contributed by atoms with Crippen LogP contribution in [0.25, 0.3) is 0 Å². The highest BCUT2D eigenvalue weighted by Gasteiger charge is 2.44. The fourth-order valence-electron chi connectivity index (χ4n) is 2.23. The minimum atomic E-state index is -0.647. The zero-order valence-corrected chi connectivity index (χ0v) is 10.3. The molecule has 1 fully saturated rings. The van der Waals surface area contributed by atoms with E-state index in [1.165, 1.54) is 0 Å². The predicted molar refractivity (Wildman–Crippen MR) is 63.0 cm³/mol. The summed E-state index contributed by atoms with van der Waals surface area (Å²) in [6.07, 6.45) is 4.68. The van der Waals surface area contributed by atoms with Crippen molar-refractivity contribution in [1.29, 1.82) is 0 Å². The molecule has 1 aliphatic rings. The van der Waals surface area contributed by atoms with Gasteiger partial charge in [0.15, 0.2) is 0 Å². The topological polar surface area (TPSA) is 46.5 Å². The summed E-state index contributed by atoms with van der Waals surface area (Å²) in [5.74, 6) is -0.378. The quantitative estimate of drug-likeness (QED) is 0.579. The highest BCUT2D eigenvalue weighted by Crippen LogP contribution is 2.38. The molecule has 0 aromatic heterocycles. The van der Waals surface area contributed by atoms with Crippen molar-refractivity contribution in [2.45, 2.75) is 64.1 Å². The fraction of sp³-hybridized carbons (Fsp3) is 0.769. The second-order valence-corrected chi connectivity index (χ2v) is 4.75. The Morgan fingerprint density at radius 3 is 2.75 bits per heavy atom. The van der Waals surface area contributed by atoms with Crippen molar-refractivity contribution in [1.82, 2.24) is 0 Å². The summed E-state index contributed by atoms with van der Waals surface area (Å²) in [6.45, 7) is 7.31. The number of carbonyl (C=O) groups is 1. The van der Waals surface area contributed by atoms with Crippen LogP contribution in [0.5, 0.6) is 0 Å². The minimum absolute atomic E-state index is 0.378. The standard InChI is InChI=1S/C13H22O3/c1-4-5-8-13(9-6-7-11(13)14)16-12(15)10(2)3/h11,14H,2,4-9H2,1,3H3. The highest BCUT2D eigenvalue weighted by atomic mass is 16.6. The van der Waals surface area contributed by atoms with E-state index in [2.05, 4.69) is 13.5 Å². The first-order valence-corrected chi connectivity index (χ1v) is 6.09.